The Bertz CT molecular complexity index is 263. The summed E-state index contributed by atoms with van der Waals surface area (Å²) in [5.41, 5.74) is -0.304. The van der Waals surface area contributed by atoms with E-state index in [-0.39, 0.29) is 11.4 Å². The molecule has 3 heteroatoms. The van der Waals surface area contributed by atoms with Crippen LogP contribution in [-0.4, -0.2) is 36.0 Å². The first kappa shape index (κ1) is 14.5. The van der Waals surface area contributed by atoms with Crippen LogP contribution in [0.25, 0.3) is 0 Å². The second-order valence-corrected chi connectivity index (χ2v) is 6.30. The van der Waals surface area contributed by atoms with Crippen LogP contribution in [0.1, 0.15) is 47.5 Å². The van der Waals surface area contributed by atoms with Gasteiger partial charge in [-0.25, -0.2) is 0 Å². The smallest absolute Gasteiger partial charge is 0.240 e. The van der Waals surface area contributed by atoms with Crippen molar-refractivity contribution in [3.8, 4) is 0 Å². The van der Waals surface area contributed by atoms with E-state index in [1.54, 1.807) is 0 Å². The van der Waals surface area contributed by atoms with Gasteiger partial charge in [-0.15, -0.1) is 0 Å². The number of rotatable bonds is 5. The van der Waals surface area contributed by atoms with Crippen molar-refractivity contribution in [1.82, 2.24) is 10.2 Å². The Morgan fingerprint density at radius 3 is 2.47 bits per heavy atom. The fourth-order valence-corrected chi connectivity index (χ4v) is 2.67. The van der Waals surface area contributed by atoms with E-state index in [2.05, 4.69) is 44.8 Å². The van der Waals surface area contributed by atoms with Crippen molar-refractivity contribution in [2.24, 2.45) is 11.8 Å². The first-order chi connectivity index (χ1) is 7.86. The molecular weight excluding hydrogens is 212 g/mol. The number of piperazine rings is 1. The van der Waals surface area contributed by atoms with Crippen molar-refractivity contribution in [1.29, 1.82) is 0 Å². The first-order valence-corrected chi connectivity index (χ1v) is 6.89. The minimum absolute atomic E-state index is 0.209. The molecule has 100 valence electrons. The summed E-state index contributed by atoms with van der Waals surface area (Å²) >= 11 is 0. The molecule has 1 amide bonds. The Morgan fingerprint density at radius 1 is 1.29 bits per heavy atom. The number of amides is 1. The van der Waals surface area contributed by atoms with Crippen molar-refractivity contribution in [2.45, 2.75) is 53.0 Å². The van der Waals surface area contributed by atoms with Gasteiger partial charge in [-0.1, -0.05) is 27.7 Å². The second-order valence-electron chi connectivity index (χ2n) is 6.30. The molecule has 1 unspecified atom stereocenters. The van der Waals surface area contributed by atoms with Crippen LogP contribution in [0, 0.1) is 11.8 Å². The monoisotopic (exact) mass is 240 g/mol. The number of nitrogens with zero attached hydrogens (tertiary/aromatic N) is 1. The van der Waals surface area contributed by atoms with Gasteiger partial charge in [-0.05, 0) is 38.1 Å². The van der Waals surface area contributed by atoms with Gasteiger partial charge in [0.25, 0.3) is 0 Å². The predicted octanol–water partition coefficient (Wildman–Crippen LogP) is 2.27. The van der Waals surface area contributed by atoms with E-state index >= 15 is 0 Å². The molecule has 1 fully saturated rings. The van der Waals surface area contributed by atoms with Crippen LogP contribution in [0.15, 0.2) is 0 Å². The summed E-state index contributed by atoms with van der Waals surface area (Å²) in [5, 5.41) is 3.01. The fraction of sp³-hybridized carbons (Fsp3) is 0.929. The lowest BCUT2D eigenvalue weighted by atomic mass is 9.86. The molecule has 17 heavy (non-hydrogen) atoms. The molecule has 1 saturated heterocycles. The quantitative estimate of drug-likeness (QED) is 0.799. The van der Waals surface area contributed by atoms with Crippen LogP contribution in [0.3, 0.4) is 0 Å². The molecule has 0 radical (unpaired) electrons. The number of nitrogens with one attached hydrogen (secondary N) is 1. The minimum Gasteiger partial charge on any atom is -0.353 e. The molecule has 0 aromatic rings. The molecule has 1 heterocycles. The predicted molar refractivity (Wildman–Crippen MR) is 71.9 cm³/mol. The first-order valence-electron chi connectivity index (χ1n) is 6.89. The molecule has 1 aliphatic heterocycles. The molecule has 3 nitrogen and oxygen atoms in total. The van der Waals surface area contributed by atoms with Crippen LogP contribution in [0.5, 0.6) is 0 Å². The molecule has 0 spiro atoms. The van der Waals surface area contributed by atoms with E-state index < -0.39 is 0 Å². The van der Waals surface area contributed by atoms with E-state index in [1.807, 2.05) is 0 Å². The zero-order chi connectivity index (χ0) is 13.1. The van der Waals surface area contributed by atoms with Gasteiger partial charge in [0.1, 0.15) is 0 Å². The van der Waals surface area contributed by atoms with Crippen molar-refractivity contribution >= 4 is 5.91 Å². The lowest BCUT2D eigenvalue weighted by Gasteiger charge is -2.45. The Morgan fingerprint density at radius 2 is 1.94 bits per heavy atom. The van der Waals surface area contributed by atoms with Crippen LogP contribution in [0.4, 0.5) is 0 Å². The largest absolute Gasteiger partial charge is 0.353 e. The van der Waals surface area contributed by atoms with Crippen LogP contribution in [-0.2, 0) is 4.79 Å². The third-order valence-electron chi connectivity index (χ3n) is 3.64. The molecule has 1 aliphatic rings. The number of hydrogen-bond donors (Lipinski definition) is 1. The zero-order valence-corrected chi connectivity index (χ0v) is 12.0. The summed E-state index contributed by atoms with van der Waals surface area (Å²) in [7, 11) is 0. The summed E-state index contributed by atoms with van der Waals surface area (Å²) in [6, 6.07) is 0. The van der Waals surface area contributed by atoms with Gasteiger partial charge >= 0.3 is 0 Å². The topological polar surface area (TPSA) is 32.3 Å². The SMILES string of the molecule is CC(C)CCN1CCNC(=O)C1(C)CC(C)C. The maximum Gasteiger partial charge on any atom is 0.240 e. The number of carbonyl (C=O) groups excluding carboxylic acids is 1. The molecule has 0 bridgehead atoms. The summed E-state index contributed by atoms with van der Waals surface area (Å²) in [4.78, 5) is 14.5. The molecule has 1 atom stereocenters. The van der Waals surface area contributed by atoms with Gasteiger partial charge in [0.2, 0.25) is 5.91 Å². The standard InChI is InChI=1S/C14H28N2O/c1-11(2)6-8-16-9-7-15-13(17)14(16,5)10-12(3)4/h11-12H,6-10H2,1-5H3,(H,15,17). The van der Waals surface area contributed by atoms with Gasteiger partial charge in [-0.2, -0.15) is 0 Å². The van der Waals surface area contributed by atoms with E-state index in [0.717, 1.165) is 26.1 Å². The fourth-order valence-electron chi connectivity index (χ4n) is 2.67. The van der Waals surface area contributed by atoms with Crippen molar-refractivity contribution in [3.05, 3.63) is 0 Å². The van der Waals surface area contributed by atoms with E-state index in [4.69, 9.17) is 0 Å². The Balaban J connectivity index is 2.72. The maximum absolute atomic E-state index is 12.2. The lowest BCUT2D eigenvalue weighted by molar-refractivity contribution is -0.137. The van der Waals surface area contributed by atoms with E-state index in [0.29, 0.717) is 11.8 Å². The summed E-state index contributed by atoms with van der Waals surface area (Å²) < 4.78 is 0. The third kappa shape index (κ3) is 3.70. The van der Waals surface area contributed by atoms with Crippen molar-refractivity contribution in [3.63, 3.8) is 0 Å². The van der Waals surface area contributed by atoms with Crippen LogP contribution in [0.2, 0.25) is 0 Å². The molecular formula is C14H28N2O. The molecule has 1 rings (SSSR count). The minimum atomic E-state index is -0.304. The van der Waals surface area contributed by atoms with Gasteiger partial charge in [0, 0.05) is 13.1 Å². The van der Waals surface area contributed by atoms with Gasteiger partial charge in [0.05, 0.1) is 5.54 Å². The normalized spacial score (nSPS) is 26.6. The average Bonchev–Trinajstić information content (AvgIpc) is 2.19. The molecule has 0 aliphatic carbocycles. The van der Waals surface area contributed by atoms with E-state index in [1.165, 1.54) is 6.42 Å². The molecule has 0 aromatic carbocycles. The van der Waals surface area contributed by atoms with Gasteiger partial charge < -0.3 is 5.32 Å². The highest BCUT2D eigenvalue weighted by Crippen LogP contribution is 2.27. The van der Waals surface area contributed by atoms with Gasteiger partial charge in [-0.3, -0.25) is 9.69 Å². The highest BCUT2D eigenvalue weighted by atomic mass is 16.2. The summed E-state index contributed by atoms with van der Waals surface area (Å²) in [6.07, 6.45) is 2.11. The van der Waals surface area contributed by atoms with Crippen LogP contribution >= 0.6 is 0 Å². The van der Waals surface area contributed by atoms with Crippen LogP contribution < -0.4 is 5.32 Å². The highest BCUT2D eigenvalue weighted by molar-refractivity contribution is 5.86. The number of carbonyl (C=O) groups is 1. The maximum atomic E-state index is 12.2. The third-order valence-corrected chi connectivity index (χ3v) is 3.64. The molecule has 1 N–H and O–H groups in total. The summed E-state index contributed by atoms with van der Waals surface area (Å²) in [5.74, 6) is 1.45. The second kappa shape index (κ2) is 5.85. The Labute approximate surface area is 106 Å². The zero-order valence-electron chi connectivity index (χ0n) is 12.0. The highest BCUT2D eigenvalue weighted by Gasteiger charge is 2.41. The average molecular weight is 240 g/mol. The van der Waals surface area contributed by atoms with Crippen molar-refractivity contribution in [2.75, 3.05) is 19.6 Å². The number of hydrogen-bond acceptors (Lipinski definition) is 2. The lowest BCUT2D eigenvalue weighted by Crippen LogP contribution is -2.63. The Hall–Kier alpha value is -0.570. The molecule has 0 aromatic heterocycles. The van der Waals surface area contributed by atoms with Gasteiger partial charge in [0.15, 0.2) is 0 Å². The molecule has 0 saturated carbocycles. The Kier molecular flexibility index (Phi) is 4.99. The van der Waals surface area contributed by atoms with Crippen molar-refractivity contribution < 1.29 is 4.79 Å². The summed E-state index contributed by atoms with van der Waals surface area (Å²) in [6.45, 7) is 13.8. The van der Waals surface area contributed by atoms with E-state index in [9.17, 15) is 4.79 Å².